The van der Waals surface area contributed by atoms with Crippen LogP contribution in [-0.4, -0.2) is 48.3 Å². The van der Waals surface area contributed by atoms with E-state index in [1.54, 1.807) is 0 Å². The van der Waals surface area contributed by atoms with Crippen LogP contribution in [0.4, 0.5) is 13.2 Å². The number of nitrogens with zero attached hydrogens (tertiary/aromatic N) is 1. The molecular formula is C7H10F3NO4S. The SMILES string of the molecule is O=C(O)C1CCCN1S(=O)(=O)CC(F)(F)F. The highest BCUT2D eigenvalue weighted by Gasteiger charge is 2.44. The van der Waals surface area contributed by atoms with E-state index >= 15 is 0 Å². The first-order valence-corrected chi connectivity index (χ1v) is 6.03. The van der Waals surface area contributed by atoms with Crippen LogP contribution in [0.2, 0.25) is 0 Å². The van der Waals surface area contributed by atoms with Gasteiger partial charge in [0.05, 0.1) is 0 Å². The molecule has 1 aliphatic rings. The molecule has 0 aliphatic carbocycles. The third-order valence-corrected chi connectivity index (χ3v) is 4.04. The summed E-state index contributed by atoms with van der Waals surface area (Å²) in [5.41, 5.74) is 0. The number of hydrogen-bond acceptors (Lipinski definition) is 3. The predicted octanol–water partition coefficient (Wildman–Crippen LogP) is 0.427. The molecule has 0 aromatic heterocycles. The molecule has 94 valence electrons. The first-order chi connectivity index (χ1) is 7.13. The van der Waals surface area contributed by atoms with E-state index in [0.717, 1.165) is 0 Å². The van der Waals surface area contributed by atoms with Crippen LogP contribution >= 0.6 is 0 Å². The van der Waals surface area contributed by atoms with Gasteiger partial charge >= 0.3 is 12.1 Å². The number of alkyl halides is 3. The minimum Gasteiger partial charge on any atom is -0.480 e. The maximum absolute atomic E-state index is 12.0. The number of carboxylic acids is 1. The zero-order valence-corrected chi connectivity index (χ0v) is 8.88. The lowest BCUT2D eigenvalue weighted by Crippen LogP contribution is -2.44. The maximum atomic E-state index is 12.0. The zero-order chi connectivity index (χ0) is 12.6. The minimum absolute atomic E-state index is 0.0480. The van der Waals surface area contributed by atoms with Crippen molar-refractivity contribution in [1.82, 2.24) is 4.31 Å². The van der Waals surface area contributed by atoms with Crippen LogP contribution in [0.25, 0.3) is 0 Å². The van der Waals surface area contributed by atoms with Crippen LogP contribution in [0.3, 0.4) is 0 Å². The van der Waals surface area contributed by atoms with Gasteiger partial charge in [-0.05, 0) is 12.8 Å². The summed E-state index contributed by atoms with van der Waals surface area (Å²) in [6.07, 6.45) is -4.55. The number of carboxylic acid groups (broad SMARTS) is 1. The van der Waals surface area contributed by atoms with Crippen LogP contribution in [0.5, 0.6) is 0 Å². The second kappa shape index (κ2) is 4.21. The van der Waals surface area contributed by atoms with Crippen LogP contribution in [0, 0.1) is 0 Å². The second-order valence-electron chi connectivity index (χ2n) is 3.48. The Morgan fingerprint density at radius 2 is 2.00 bits per heavy atom. The first-order valence-electron chi connectivity index (χ1n) is 4.42. The van der Waals surface area contributed by atoms with Gasteiger partial charge in [0.2, 0.25) is 10.0 Å². The van der Waals surface area contributed by atoms with Crippen molar-refractivity contribution in [2.45, 2.75) is 25.1 Å². The van der Waals surface area contributed by atoms with Gasteiger partial charge in [-0.3, -0.25) is 4.79 Å². The van der Waals surface area contributed by atoms with Crippen molar-refractivity contribution in [1.29, 1.82) is 0 Å². The van der Waals surface area contributed by atoms with Gasteiger partial charge in [-0.2, -0.15) is 17.5 Å². The molecule has 9 heteroatoms. The summed E-state index contributed by atoms with van der Waals surface area (Å²) in [5.74, 6) is -3.42. The molecule has 16 heavy (non-hydrogen) atoms. The molecule has 1 unspecified atom stereocenters. The summed E-state index contributed by atoms with van der Waals surface area (Å²) in [4.78, 5) is 10.6. The number of carbonyl (C=O) groups is 1. The van der Waals surface area contributed by atoms with E-state index in [1.807, 2.05) is 0 Å². The molecule has 0 spiro atoms. The fourth-order valence-corrected chi connectivity index (χ4v) is 3.18. The van der Waals surface area contributed by atoms with E-state index in [0.29, 0.717) is 4.31 Å². The first kappa shape index (κ1) is 13.2. The molecule has 0 aromatic carbocycles. The zero-order valence-electron chi connectivity index (χ0n) is 8.07. The number of halogens is 3. The van der Waals surface area contributed by atoms with Crippen molar-refractivity contribution in [3.8, 4) is 0 Å². The van der Waals surface area contributed by atoms with E-state index in [9.17, 15) is 26.4 Å². The van der Waals surface area contributed by atoms with Gasteiger partial charge in [-0.25, -0.2) is 8.42 Å². The number of aliphatic carboxylic acids is 1. The maximum Gasteiger partial charge on any atom is 0.404 e. The highest BCUT2D eigenvalue weighted by Crippen LogP contribution is 2.26. The van der Waals surface area contributed by atoms with Crippen molar-refractivity contribution in [3.05, 3.63) is 0 Å². The van der Waals surface area contributed by atoms with Crippen LogP contribution in [-0.2, 0) is 14.8 Å². The molecule has 0 saturated carbocycles. The lowest BCUT2D eigenvalue weighted by Gasteiger charge is -2.21. The third kappa shape index (κ3) is 3.08. The molecule has 0 amide bonds. The van der Waals surface area contributed by atoms with Crippen LogP contribution in [0.1, 0.15) is 12.8 Å². The molecule has 0 radical (unpaired) electrons. The quantitative estimate of drug-likeness (QED) is 0.799. The molecule has 1 fully saturated rings. The molecular weight excluding hydrogens is 251 g/mol. The standard InChI is InChI=1S/C7H10F3NO4S/c8-7(9,10)4-16(14,15)11-3-1-2-5(11)6(12)13/h5H,1-4H2,(H,12,13). The molecule has 0 bridgehead atoms. The lowest BCUT2D eigenvalue weighted by atomic mass is 10.2. The molecule has 1 saturated heterocycles. The van der Waals surface area contributed by atoms with Crippen molar-refractivity contribution >= 4 is 16.0 Å². The van der Waals surface area contributed by atoms with Crippen LogP contribution < -0.4 is 0 Å². The van der Waals surface area contributed by atoms with E-state index in [1.165, 1.54) is 0 Å². The monoisotopic (exact) mass is 261 g/mol. The molecule has 1 aliphatic heterocycles. The Bertz CT molecular complexity index is 378. The number of rotatable bonds is 3. The van der Waals surface area contributed by atoms with E-state index in [-0.39, 0.29) is 19.4 Å². The Kier molecular flexibility index (Phi) is 3.48. The van der Waals surface area contributed by atoms with Crippen LogP contribution in [0.15, 0.2) is 0 Å². The van der Waals surface area contributed by atoms with E-state index in [2.05, 4.69) is 0 Å². The van der Waals surface area contributed by atoms with Gasteiger partial charge in [0.25, 0.3) is 0 Å². The Morgan fingerprint density at radius 3 is 2.44 bits per heavy atom. The summed E-state index contributed by atoms with van der Waals surface area (Å²) in [7, 11) is -4.58. The summed E-state index contributed by atoms with van der Waals surface area (Å²) < 4.78 is 59.0. The van der Waals surface area contributed by atoms with E-state index in [4.69, 9.17) is 5.11 Å². The topological polar surface area (TPSA) is 74.7 Å². The van der Waals surface area contributed by atoms with Gasteiger partial charge in [0.15, 0.2) is 5.75 Å². The molecule has 1 atom stereocenters. The fourth-order valence-electron chi connectivity index (χ4n) is 1.61. The van der Waals surface area contributed by atoms with Gasteiger partial charge < -0.3 is 5.11 Å². The van der Waals surface area contributed by atoms with Crippen molar-refractivity contribution in [3.63, 3.8) is 0 Å². The smallest absolute Gasteiger partial charge is 0.404 e. The third-order valence-electron chi connectivity index (χ3n) is 2.19. The average Bonchev–Trinajstić information content (AvgIpc) is 2.45. The summed E-state index contributed by atoms with van der Waals surface area (Å²) in [6.45, 7) is -0.171. The Hall–Kier alpha value is -0.830. The van der Waals surface area contributed by atoms with Gasteiger partial charge in [0, 0.05) is 6.54 Å². The second-order valence-corrected chi connectivity index (χ2v) is 5.40. The predicted molar refractivity (Wildman–Crippen MR) is 47.2 cm³/mol. The fraction of sp³-hybridized carbons (Fsp3) is 0.857. The lowest BCUT2D eigenvalue weighted by molar-refractivity contribution is -0.140. The van der Waals surface area contributed by atoms with E-state index < -0.39 is 34.0 Å². The molecule has 0 aromatic rings. The number of sulfonamides is 1. The minimum atomic E-state index is -4.86. The van der Waals surface area contributed by atoms with Gasteiger partial charge in [-0.1, -0.05) is 0 Å². The molecule has 1 rings (SSSR count). The summed E-state index contributed by atoms with van der Waals surface area (Å²) in [6, 6.07) is -1.37. The van der Waals surface area contributed by atoms with Crippen molar-refractivity contribution in [2.24, 2.45) is 0 Å². The highest BCUT2D eigenvalue weighted by molar-refractivity contribution is 7.89. The molecule has 1 heterocycles. The van der Waals surface area contributed by atoms with Gasteiger partial charge in [0.1, 0.15) is 6.04 Å². The summed E-state index contributed by atoms with van der Waals surface area (Å²) in [5, 5.41) is 8.66. The average molecular weight is 261 g/mol. The molecule has 1 N–H and O–H groups in total. The number of hydrogen-bond donors (Lipinski definition) is 1. The van der Waals surface area contributed by atoms with Crippen molar-refractivity contribution < 1.29 is 31.5 Å². The molecule has 5 nitrogen and oxygen atoms in total. The Balaban J connectivity index is 2.87. The summed E-state index contributed by atoms with van der Waals surface area (Å²) >= 11 is 0. The Morgan fingerprint density at radius 1 is 1.44 bits per heavy atom. The normalized spacial score (nSPS) is 23.6. The van der Waals surface area contributed by atoms with Crippen molar-refractivity contribution in [2.75, 3.05) is 12.3 Å². The largest absolute Gasteiger partial charge is 0.480 e. The van der Waals surface area contributed by atoms with Gasteiger partial charge in [-0.15, -0.1) is 0 Å². The Labute approximate surface area is 89.9 Å². The highest BCUT2D eigenvalue weighted by atomic mass is 32.2.